The molecule has 4 heteroatoms. The number of anilines is 1. The van der Waals surface area contributed by atoms with Gasteiger partial charge in [0.15, 0.2) is 0 Å². The van der Waals surface area contributed by atoms with Crippen LogP contribution in [0.15, 0.2) is 24.3 Å². The Labute approximate surface area is 107 Å². The third-order valence-electron chi connectivity index (χ3n) is 3.18. The summed E-state index contributed by atoms with van der Waals surface area (Å²) in [6, 6.07) is 9.40. The Balaban J connectivity index is 1.76. The van der Waals surface area contributed by atoms with Crippen molar-refractivity contribution in [2.45, 2.75) is 25.8 Å². The number of hydrogen-bond donors (Lipinski definition) is 2. The van der Waals surface area contributed by atoms with E-state index in [-0.39, 0.29) is 18.5 Å². The van der Waals surface area contributed by atoms with E-state index in [4.69, 9.17) is 5.26 Å². The van der Waals surface area contributed by atoms with Crippen molar-refractivity contribution in [2.75, 3.05) is 11.9 Å². The normalized spacial score (nSPS) is 15.6. The molecule has 1 atom stereocenters. The molecule has 0 saturated heterocycles. The van der Waals surface area contributed by atoms with Crippen molar-refractivity contribution in [1.82, 2.24) is 5.32 Å². The van der Waals surface area contributed by atoms with Gasteiger partial charge in [-0.2, -0.15) is 5.26 Å². The molecule has 0 bridgehead atoms. The van der Waals surface area contributed by atoms with Crippen molar-refractivity contribution < 1.29 is 4.79 Å². The predicted octanol–water partition coefficient (Wildman–Crippen LogP) is 1.88. The second-order valence-electron chi connectivity index (χ2n) is 4.74. The van der Waals surface area contributed by atoms with Gasteiger partial charge in [-0.25, -0.2) is 0 Å². The molecular formula is C14H17N3O. The zero-order chi connectivity index (χ0) is 13.0. The van der Waals surface area contributed by atoms with E-state index in [1.807, 2.05) is 0 Å². The van der Waals surface area contributed by atoms with Crippen molar-refractivity contribution >= 4 is 11.6 Å². The van der Waals surface area contributed by atoms with Crippen LogP contribution < -0.4 is 10.6 Å². The molecule has 1 aliphatic carbocycles. The minimum atomic E-state index is 0.0127. The molecule has 1 amide bonds. The highest BCUT2D eigenvalue weighted by Crippen LogP contribution is 2.32. The Morgan fingerprint density at radius 3 is 2.67 bits per heavy atom. The van der Waals surface area contributed by atoms with E-state index in [9.17, 15) is 4.79 Å². The molecule has 1 saturated carbocycles. The second kappa shape index (κ2) is 5.54. The highest BCUT2D eigenvalue weighted by molar-refractivity contribution is 5.81. The standard InChI is InChI=1S/C14H17N3O/c1-10(12-4-5-12)17-14(18)9-16-13-6-2-11(8-15)3-7-13/h2-3,6-7,10,12,16H,4-5,9H2,1H3,(H,17,18). The second-order valence-corrected chi connectivity index (χ2v) is 4.74. The summed E-state index contributed by atoms with van der Waals surface area (Å²) in [6.45, 7) is 2.32. The van der Waals surface area contributed by atoms with E-state index >= 15 is 0 Å². The summed E-state index contributed by atoms with van der Waals surface area (Å²) < 4.78 is 0. The molecule has 4 nitrogen and oxygen atoms in total. The van der Waals surface area contributed by atoms with Crippen LogP contribution in [0.1, 0.15) is 25.3 Å². The summed E-state index contributed by atoms with van der Waals surface area (Å²) in [6.07, 6.45) is 2.45. The van der Waals surface area contributed by atoms with Crippen LogP contribution in [0.25, 0.3) is 0 Å². The van der Waals surface area contributed by atoms with E-state index in [1.165, 1.54) is 12.8 Å². The maximum atomic E-state index is 11.7. The maximum absolute atomic E-state index is 11.7. The first-order valence-corrected chi connectivity index (χ1v) is 6.22. The Bertz CT molecular complexity index is 457. The topological polar surface area (TPSA) is 64.9 Å². The Morgan fingerprint density at radius 2 is 2.11 bits per heavy atom. The lowest BCUT2D eigenvalue weighted by Gasteiger charge is -2.13. The third kappa shape index (κ3) is 3.49. The van der Waals surface area contributed by atoms with Gasteiger partial charge >= 0.3 is 0 Å². The highest BCUT2D eigenvalue weighted by atomic mass is 16.1. The highest BCUT2D eigenvalue weighted by Gasteiger charge is 2.28. The summed E-state index contributed by atoms with van der Waals surface area (Å²) >= 11 is 0. The van der Waals surface area contributed by atoms with Crippen molar-refractivity contribution in [3.05, 3.63) is 29.8 Å². The first-order valence-electron chi connectivity index (χ1n) is 6.22. The van der Waals surface area contributed by atoms with Crippen molar-refractivity contribution in [1.29, 1.82) is 5.26 Å². The summed E-state index contributed by atoms with van der Waals surface area (Å²) in [5, 5.41) is 14.7. The molecule has 1 aromatic carbocycles. The van der Waals surface area contributed by atoms with Crippen LogP contribution in [0.4, 0.5) is 5.69 Å². The lowest BCUT2D eigenvalue weighted by molar-refractivity contribution is -0.120. The van der Waals surface area contributed by atoms with E-state index in [0.29, 0.717) is 11.5 Å². The van der Waals surface area contributed by atoms with Gasteiger partial charge in [0.2, 0.25) is 5.91 Å². The zero-order valence-corrected chi connectivity index (χ0v) is 10.4. The average molecular weight is 243 g/mol. The number of rotatable bonds is 5. The van der Waals surface area contributed by atoms with Gasteiger partial charge in [-0.15, -0.1) is 0 Å². The predicted molar refractivity (Wildman–Crippen MR) is 70.0 cm³/mol. The number of benzene rings is 1. The van der Waals surface area contributed by atoms with E-state index in [1.54, 1.807) is 24.3 Å². The smallest absolute Gasteiger partial charge is 0.239 e. The monoisotopic (exact) mass is 243 g/mol. The fourth-order valence-electron chi connectivity index (χ4n) is 1.86. The molecule has 0 aliphatic heterocycles. The number of hydrogen-bond acceptors (Lipinski definition) is 3. The van der Waals surface area contributed by atoms with Crippen LogP contribution >= 0.6 is 0 Å². The quantitative estimate of drug-likeness (QED) is 0.830. The van der Waals surface area contributed by atoms with E-state index in [0.717, 1.165) is 5.69 Å². The summed E-state index contributed by atoms with van der Waals surface area (Å²) in [4.78, 5) is 11.7. The molecule has 0 aromatic heterocycles. The van der Waals surface area contributed by atoms with Gasteiger partial charge in [0.25, 0.3) is 0 Å². The summed E-state index contributed by atoms with van der Waals surface area (Å²) in [5.74, 6) is 0.683. The van der Waals surface area contributed by atoms with Gasteiger partial charge in [0.05, 0.1) is 18.2 Å². The first kappa shape index (κ1) is 12.4. The van der Waals surface area contributed by atoms with Gasteiger partial charge in [0, 0.05) is 11.7 Å². The van der Waals surface area contributed by atoms with Crippen molar-refractivity contribution in [2.24, 2.45) is 5.92 Å². The molecule has 1 aromatic rings. The van der Waals surface area contributed by atoms with Gasteiger partial charge in [0.1, 0.15) is 0 Å². The van der Waals surface area contributed by atoms with Gasteiger partial charge in [-0.05, 0) is 49.9 Å². The molecule has 0 heterocycles. The Hall–Kier alpha value is -2.02. The van der Waals surface area contributed by atoms with Crippen LogP contribution in [0.5, 0.6) is 0 Å². The molecule has 0 radical (unpaired) electrons. The van der Waals surface area contributed by atoms with Gasteiger partial charge in [-0.3, -0.25) is 4.79 Å². The number of nitrogens with one attached hydrogen (secondary N) is 2. The zero-order valence-electron chi connectivity index (χ0n) is 10.4. The number of nitriles is 1. The first-order chi connectivity index (χ1) is 8.69. The fourth-order valence-corrected chi connectivity index (χ4v) is 1.86. The summed E-state index contributed by atoms with van der Waals surface area (Å²) in [5.41, 5.74) is 1.47. The molecule has 1 aliphatic rings. The lowest BCUT2D eigenvalue weighted by atomic mass is 10.2. The van der Waals surface area contributed by atoms with Crippen LogP contribution in [-0.2, 0) is 4.79 Å². The van der Waals surface area contributed by atoms with E-state index < -0.39 is 0 Å². The third-order valence-corrected chi connectivity index (χ3v) is 3.18. The minimum Gasteiger partial charge on any atom is -0.376 e. The molecule has 2 rings (SSSR count). The van der Waals surface area contributed by atoms with Crippen LogP contribution in [-0.4, -0.2) is 18.5 Å². The average Bonchev–Trinajstić information content (AvgIpc) is 3.21. The van der Waals surface area contributed by atoms with Gasteiger partial charge in [-0.1, -0.05) is 0 Å². The molecule has 1 fully saturated rings. The molecule has 0 spiro atoms. The van der Waals surface area contributed by atoms with Crippen LogP contribution in [0.2, 0.25) is 0 Å². The Kier molecular flexibility index (Phi) is 3.83. The molecule has 18 heavy (non-hydrogen) atoms. The lowest BCUT2D eigenvalue weighted by Crippen LogP contribution is -2.37. The fraction of sp³-hybridized carbons (Fsp3) is 0.429. The van der Waals surface area contributed by atoms with Gasteiger partial charge < -0.3 is 10.6 Å². The van der Waals surface area contributed by atoms with E-state index in [2.05, 4.69) is 23.6 Å². The minimum absolute atomic E-state index is 0.0127. The van der Waals surface area contributed by atoms with Crippen LogP contribution in [0, 0.1) is 17.2 Å². The Morgan fingerprint density at radius 1 is 1.44 bits per heavy atom. The number of amides is 1. The van der Waals surface area contributed by atoms with Crippen molar-refractivity contribution in [3.8, 4) is 6.07 Å². The molecule has 94 valence electrons. The molecular weight excluding hydrogens is 226 g/mol. The maximum Gasteiger partial charge on any atom is 0.239 e. The largest absolute Gasteiger partial charge is 0.376 e. The number of nitrogens with zero attached hydrogens (tertiary/aromatic N) is 1. The molecule has 2 N–H and O–H groups in total. The molecule has 1 unspecified atom stereocenters. The summed E-state index contributed by atoms with van der Waals surface area (Å²) in [7, 11) is 0. The van der Waals surface area contributed by atoms with Crippen molar-refractivity contribution in [3.63, 3.8) is 0 Å². The number of carbonyl (C=O) groups excluding carboxylic acids is 1. The number of carbonyl (C=O) groups is 1. The van der Waals surface area contributed by atoms with Crippen LogP contribution in [0.3, 0.4) is 0 Å². The SMILES string of the molecule is CC(NC(=O)CNc1ccc(C#N)cc1)C1CC1.